The first-order chi connectivity index (χ1) is 10.6. The Kier molecular flexibility index (Phi) is 3.34. The van der Waals surface area contributed by atoms with Gasteiger partial charge < -0.3 is 15.2 Å². The maximum atomic E-state index is 11.9. The predicted molar refractivity (Wildman–Crippen MR) is 81.7 cm³/mol. The minimum absolute atomic E-state index is 0.0217. The normalized spacial score (nSPS) is 11.3. The molecule has 110 valence electrons. The number of aromatic hydroxyl groups is 2. The van der Waals surface area contributed by atoms with Gasteiger partial charge in [0, 0.05) is 10.9 Å². The lowest BCUT2D eigenvalue weighted by Gasteiger charge is -1.96. The Hall–Kier alpha value is -3.15. The van der Waals surface area contributed by atoms with Crippen molar-refractivity contribution in [2.75, 3.05) is 0 Å². The number of aromatic nitrogens is 1. The highest BCUT2D eigenvalue weighted by Gasteiger charge is 2.12. The van der Waals surface area contributed by atoms with Crippen LogP contribution in [0, 0.1) is 6.92 Å². The molecule has 0 saturated heterocycles. The zero-order valence-corrected chi connectivity index (χ0v) is 11.7. The van der Waals surface area contributed by atoms with Crippen LogP contribution in [0.4, 0.5) is 5.69 Å². The summed E-state index contributed by atoms with van der Waals surface area (Å²) in [5.41, 5.74) is 2.14. The lowest BCUT2D eigenvalue weighted by atomic mass is 10.1. The van der Waals surface area contributed by atoms with E-state index in [1.165, 1.54) is 18.2 Å². The number of H-pyrrole nitrogens is 1. The highest BCUT2D eigenvalue weighted by molar-refractivity contribution is 5.98. The number of aryl methyl sites for hydroxylation is 1. The number of azo groups is 1. The Morgan fingerprint density at radius 3 is 2.68 bits per heavy atom. The molecular weight excluding hydrogens is 282 g/mol. The summed E-state index contributed by atoms with van der Waals surface area (Å²) in [6, 6.07) is 11.4. The van der Waals surface area contributed by atoms with Crippen LogP contribution in [0.5, 0.6) is 11.6 Å². The summed E-state index contributed by atoms with van der Waals surface area (Å²) >= 11 is 0. The van der Waals surface area contributed by atoms with E-state index in [2.05, 4.69) is 15.2 Å². The molecule has 0 fully saturated rings. The lowest BCUT2D eigenvalue weighted by Crippen LogP contribution is -1.92. The van der Waals surface area contributed by atoms with Gasteiger partial charge in [-0.2, -0.15) is 0 Å². The number of hydrogen-bond acceptors (Lipinski definition) is 4. The van der Waals surface area contributed by atoms with Gasteiger partial charge in [0.05, 0.1) is 5.52 Å². The fraction of sp³-hybridized carbons (Fsp3) is 0.0625. The van der Waals surface area contributed by atoms with Crippen molar-refractivity contribution in [3.63, 3.8) is 0 Å². The van der Waals surface area contributed by atoms with Crippen molar-refractivity contribution in [2.24, 2.45) is 10.2 Å². The number of benzene rings is 2. The summed E-state index contributed by atoms with van der Waals surface area (Å²) in [4.78, 5) is 14.8. The summed E-state index contributed by atoms with van der Waals surface area (Å²) in [6.45, 7) is 1.90. The van der Waals surface area contributed by atoms with Gasteiger partial charge in [-0.15, -0.1) is 10.2 Å². The van der Waals surface area contributed by atoms with Crippen molar-refractivity contribution in [1.29, 1.82) is 0 Å². The summed E-state index contributed by atoms with van der Waals surface area (Å²) in [6.07, 6.45) is 0. The molecule has 3 aromatic rings. The van der Waals surface area contributed by atoms with E-state index in [0.29, 0.717) is 5.39 Å². The summed E-state index contributed by atoms with van der Waals surface area (Å²) in [5, 5.41) is 27.4. The predicted octanol–water partition coefficient (Wildman–Crippen LogP) is 3.81. The SMILES string of the molecule is Cc1cccc2c(N=NC(=O)c3cccc(O)c3)c(O)[nH]c12. The zero-order chi connectivity index (χ0) is 15.7. The Labute approximate surface area is 125 Å². The van der Waals surface area contributed by atoms with Gasteiger partial charge in [-0.05, 0) is 30.7 Å². The van der Waals surface area contributed by atoms with Crippen LogP contribution >= 0.6 is 0 Å². The lowest BCUT2D eigenvalue weighted by molar-refractivity contribution is 0.0994. The first-order valence-corrected chi connectivity index (χ1v) is 6.61. The van der Waals surface area contributed by atoms with Crippen LogP contribution in [0.25, 0.3) is 10.9 Å². The Balaban J connectivity index is 1.98. The van der Waals surface area contributed by atoms with Crippen molar-refractivity contribution >= 4 is 22.5 Å². The van der Waals surface area contributed by atoms with Gasteiger partial charge in [0.15, 0.2) is 5.69 Å². The number of nitrogens with one attached hydrogen (secondary N) is 1. The molecule has 0 unspecified atom stereocenters. The number of aromatic amines is 1. The number of carbonyl (C=O) groups is 1. The van der Waals surface area contributed by atoms with E-state index in [1.54, 1.807) is 12.1 Å². The van der Waals surface area contributed by atoms with Crippen molar-refractivity contribution in [2.45, 2.75) is 6.92 Å². The Morgan fingerprint density at radius 2 is 1.91 bits per heavy atom. The molecule has 0 aliphatic carbocycles. The number of phenols is 1. The average molecular weight is 295 g/mol. The van der Waals surface area contributed by atoms with E-state index in [0.717, 1.165) is 11.1 Å². The summed E-state index contributed by atoms with van der Waals surface area (Å²) in [7, 11) is 0. The fourth-order valence-electron chi connectivity index (χ4n) is 2.23. The molecular formula is C16H13N3O3. The molecule has 1 amide bonds. The number of nitrogens with zero attached hydrogens (tertiary/aromatic N) is 2. The minimum atomic E-state index is -0.600. The zero-order valence-electron chi connectivity index (χ0n) is 11.7. The monoisotopic (exact) mass is 295 g/mol. The average Bonchev–Trinajstić information content (AvgIpc) is 2.82. The molecule has 6 nitrogen and oxygen atoms in total. The number of phenolic OH excluding ortho intramolecular Hbond substituents is 1. The van der Waals surface area contributed by atoms with E-state index < -0.39 is 5.91 Å². The number of carbonyl (C=O) groups excluding carboxylic acids is 1. The maximum Gasteiger partial charge on any atom is 0.295 e. The number of para-hydroxylation sites is 1. The largest absolute Gasteiger partial charge is 0.508 e. The van der Waals surface area contributed by atoms with E-state index in [4.69, 9.17) is 0 Å². The third kappa shape index (κ3) is 2.42. The molecule has 1 aromatic heterocycles. The van der Waals surface area contributed by atoms with Crippen LogP contribution in [0.1, 0.15) is 15.9 Å². The summed E-state index contributed by atoms with van der Waals surface area (Å²) in [5.74, 6) is -0.763. The topological polar surface area (TPSA) is 98.0 Å². The molecule has 3 rings (SSSR count). The maximum absolute atomic E-state index is 11.9. The van der Waals surface area contributed by atoms with Crippen LogP contribution in [0.3, 0.4) is 0 Å². The third-order valence-corrected chi connectivity index (χ3v) is 3.33. The van der Waals surface area contributed by atoms with Crippen LogP contribution in [-0.4, -0.2) is 21.1 Å². The molecule has 3 N–H and O–H groups in total. The highest BCUT2D eigenvalue weighted by atomic mass is 16.3. The van der Waals surface area contributed by atoms with Gasteiger partial charge in [0.1, 0.15) is 5.75 Å². The van der Waals surface area contributed by atoms with Crippen molar-refractivity contribution in [3.8, 4) is 11.6 Å². The van der Waals surface area contributed by atoms with Crippen molar-refractivity contribution in [3.05, 3.63) is 53.6 Å². The third-order valence-electron chi connectivity index (χ3n) is 3.33. The second kappa shape index (κ2) is 5.33. The molecule has 22 heavy (non-hydrogen) atoms. The molecule has 0 radical (unpaired) electrons. The number of rotatable bonds is 2. The fourth-order valence-corrected chi connectivity index (χ4v) is 2.23. The smallest absolute Gasteiger partial charge is 0.295 e. The highest BCUT2D eigenvalue weighted by Crippen LogP contribution is 2.36. The van der Waals surface area contributed by atoms with Crippen LogP contribution < -0.4 is 0 Å². The van der Waals surface area contributed by atoms with Gasteiger partial charge in [-0.25, -0.2) is 0 Å². The van der Waals surface area contributed by atoms with E-state index >= 15 is 0 Å². The van der Waals surface area contributed by atoms with E-state index in [9.17, 15) is 15.0 Å². The molecule has 0 spiro atoms. The van der Waals surface area contributed by atoms with Gasteiger partial charge >= 0.3 is 0 Å². The Bertz CT molecular complexity index is 897. The van der Waals surface area contributed by atoms with Gasteiger partial charge in [-0.1, -0.05) is 24.3 Å². The molecule has 6 heteroatoms. The second-order valence-electron chi connectivity index (χ2n) is 4.88. The molecule has 0 aliphatic rings. The van der Waals surface area contributed by atoms with Gasteiger partial charge in [-0.3, -0.25) is 4.79 Å². The first kappa shape index (κ1) is 13.8. The molecule has 0 bridgehead atoms. The van der Waals surface area contributed by atoms with Crippen molar-refractivity contribution in [1.82, 2.24) is 4.98 Å². The molecule has 0 saturated carbocycles. The van der Waals surface area contributed by atoms with E-state index in [1.807, 2.05) is 19.1 Å². The van der Waals surface area contributed by atoms with E-state index in [-0.39, 0.29) is 22.9 Å². The molecule has 0 aliphatic heterocycles. The molecule has 0 atom stereocenters. The second-order valence-corrected chi connectivity index (χ2v) is 4.88. The van der Waals surface area contributed by atoms with Crippen LogP contribution in [-0.2, 0) is 0 Å². The van der Waals surface area contributed by atoms with Crippen LogP contribution in [0.15, 0.2) is 52.7 Å². The summed E-state index contributed by atoms with van der Waals surface area (Å²) < 4.78 is 0. The van der Waals surface area contributed by atoms with Crippen LogP contribution in [0.2, 0.25) is 0 Å². The van der Waals surface area contributed by atoms with Crippen molar-refractivity contribution < 1.29 is 15.0 Å². The first-order valence-electron chi connectivity index (χ1n) is 6.61. The Morgan fingerprint density at radius 1 is 1.14 bits per heavy atom. The number of hydrogen-bond donors (Lipinski definition) is 3. The molecule has 1 heterocycles. The van der Waals surface area contributed by atoms with Gasteiger partial charge in [0.2, 0.25) is 5.88 Å². The van der Waals surface area contributed by atoms with Gasteiger partial charge in [0.25, 0.3) is 5.91 Å². The molecule has 2 aromatic carbocycles. The number of amides is 1. The standard InChI is InChI=1S/C16H13N3O3/c1-9-4-2-7-12-13(9)17-16(22)14(12)18-19-15(21)10-5-3-6-11(20)8-10/h2-8,17,20,22H,1H3. The minimum Gasteiger partial charge on any atom is -0.508 e. The quantitative estimate of drug-likeness (QED) is 0.627. The number of fused-ring (bicyclic) bond motifs is 1.